The summed E-state index contributed by atoms with van der Waals surface area (Å²) in [6.07, 6.45) is 7.28. The van der Waals surface area contributed by atoms with Crippen molar-refractivity contribution in [2.24, 2.45) is 0 Å². The summed E-state index contributed by atoms with van der Waals surface area (Å²) in [6.45, 7) is 0. The highest BCUT2D eigenvalue weighted by Gasteiger charge is 2.36. The maximum Gasteiger partial charge on any atom is 0.159 e. The third-order valence-corrected chi connectivity index (χ3v) is 13.3. The van der Waals surface area contributed by atoms with Crippen LogP contribution in [0.25, 0.3) is 66.1 Å². The Balaban J connectivity index is 1.01. The zero-order chi connectivity index (χ0) is 38.2. The third kappa shape index (κ3) is 5.22. The summed E-state index contributed by atoms with van der Waals surface area (Å²) in [5.41, 5.74) is 14.9. The lowest BCUT2D eigenvalue weighted by Crippen LogP contribution is -2.16. The Morgan fingerprint density at radius 3 is 2.05 bits per heavy atom. The molecule has 3 nitrogen and oxygen atoms in total. The number of rotatable bonds is 6. The zero-order valence-electron chi connectivity index (χ0n) is 31.5. The first-order valence-corrected chi connectivity index (χ1v) is 20.8. The highest BCUT2D eigenvalue weighted by Crippen LogP contribution is 2.55. The minimum atomic E-state index is 0.179. The maximum atomic E-state index is 6.73. The highest BCUT2D eigenvalue weighted by atomic mass is 32.2. The average molecular weight is 761 g/mol. The Kier molecular flexibility index (Phi) is 7.60. The molecule has 0 fully saturated rings. The molecule has 0 saturated carbocycles. The normalized spacial score (nSPS) is 15.9. The van der Waals surface area contributed by atoms with Gasteiger partial charge in [0.25, 0.3) is 0 Å². The first kappa shape index (κ1) is 33.2. The number of hydrogen-bond donors (Lipinski definition) is 0. The second-order valence-electron chi connectivity index (χ2n) is 15.2. The average Bonchev–Trinajstić information content (AvgIpc) is 3.97. The highest BCUT2D eigenvalue weighted by molar-refractivity contribution is 8.00. The summed E-state index contributed by atoms with van der Waals surface area (Å²) in [5.74, 6) is 0.179. The van der Waals surface area contributed by atoms with Crippen molar-refractivity contribution in [1.82, 2.24) is 4.57 Å². The number of fused-ring (bicyclic) bond motifs is 9. The van der Waals surface area contributed by atoms with Crippen molar-refractivity contribution in [3.63, 3.8) is 0 Å². The molecule has 2 aliphatic rings. The SMILES string of the molecule is C1=CC2Sc3cccc(N(c4ccc(-c5ccccc5)cc4)c4cccc5c4oc4ccccc45)c3C2C=C1c1ccc2c(c1)c1ccccc1n2-c1ccccc1. The van der Waals surface area contributed by atoms with E-state index in [4.69, 9.17) is 4.42 Å². The number of allylic oxidation sites excluding steroid dienone is 3. The van der Waals surface area contributed by atoms with Crippen LogP contribution >= 0.6 is 11.8 Å². The lowest BCUT2D eigenvalue weighted by Gasteiger charge is -2.30. The predicted octanol–water partition coefficient (Wildman–Crippen LogP) is 15.0. The number of hydrogen-bond acceptors (Lipinski definition) is 3. The van der Waals surface area contributed by atoms with E-state index in [0.29, 0.717) is 5.25 Å². The van der Waals surface area contributed by atoms with Crippen molar-refractivity contribution in [2.75, 3.05) is 4.90 Å². The van der Waals surface area contributed by atoms with Crippen molar-refractivity contribution >= 4 is 78.1 Å². The molecule has 4 heteroatoms. The molecule has 274 valence electrons. The standard InChI is InChI=1S/C54H36N2OS/c1-3-13-35(14-4-1)36-25-29-40(30-26-36)56(49-22-11-19-43-42-18-8-10-23-50(42)57-54(43)49)48-21-12-24-52-53(48)45-34-38(28-32-51(45)58-52)37-27-31-47-44(33-37)41-17-7-9-20-46(41)55(47)39-15-5-2-6-16-39/h1-34,45,51H. The smallest absolute Gasteiger partial charge is 0.159 e. The van der Waals surface area contributed by atoms with Crippen LogP contribution in [-0.4, -0.2) is 9.82 Å². The molecular formula is C54H36N2OS. The van der Waals surface area contributed by atoms with Gasteiger partial charge < -0.3 is 13.9 Å². The fraction of sp³-hybridized carbons (Fsp3) is 0.0370. The molecule has 0 N–H and O–H groups in total. The molecule has 0 radical (unpaired) electrons. The van der Waals surface area contributed by atoms with E-state index < -0.39 is 0 Å². The van der Waals surface area contributed by atoms with Crippen LogP contribution in [-0.2, 0) is 0 Å². The Hall–Kier alpha value is -7.01. The quantitative estimate of drug-likeness (QED) is 0.168. The van der Waals surface area contributed by atoms with Crippen molar-refractivity contribution < 1.29 is 4.42 Å². The molecule has 1 aliphatic carbocycles. The Bertz CT molecular complexity index is 3260. The van der Waals surface area contributed by atoms with E-state index in [0.717, 1.165) is 33.3 Å². The molecule has 3 heterocycles. The van der Waals surface area contributed by atoms with Crippen LogP contribution in [0, 0.1) is 0 Å². The van der Waals surface area contributed by atoms with Gasteiger partial charge in [0.15, 0.2) is 5.58 Å². The molecule has 0 bridgehead atoms. The van der Waals surface area contributed by atoms with Crippen LogP contribution in [0.1, 0.15) is 17.0 Å². The number of benzene rings is 8. The summed E-state index contributed by atoms with van der Waals surface area (Å²) in [7, 11) is 0. The zero-order valence-corrected chi connectivity index (χ0v) is 32.3. The van der Waals surface area contributed by atoms with Gasteiger partial charge in [-0.1, -0.05) is 140 Å². The van der Waals surface area contributed by atoms with E-state index in [9.17, 15) is 0 Å². The van der Waals surface area contributed by atoms with E-state index in [-0.39, 0.29) is 5.92 Å². The number of thioether (sulfide) groups is 1. The van der Waals surface area contributed by atoms with Crippen LogP contribution in [0.5, 0.6) is 0 Å². The summed E-state index contributed by atoms with van der Waals surface area (Å²) >= 11 is 1.97. The fourth-order valence-corrected chi connectivity index (χ4v) is 10.6. The van der Waals surface area contributed by atoms with Gasteiger partial charge in [-0.05, 0) is 94.6 Å². The molecular weight excluding hydrogens is 725 g/mol. The molecule has 2 atom stereocenters. The predicted molar refractivity (Wildman–Crippen MR) is 244 cm³/mol. The molecule has 10 aromatic rings. The number of para-hydroxylation sites is 4. The lowest BCUT2D eigenvalue weighted by atomic mass is 9.86. The number of aromatic nitrogens is 1. The summed E-state index contributed by atoms with van der Waals surface area (Å²) in [5, 5.41) is 5.07. The van der Waals surface area contributed by atoms with Crippen molar-refractivity contribution in [2.45, 2.75) is 16.1 Å². The summed E-state index contributed by atoms with van der Waals surface area (Å²) in [6, 6.07) is 67.8. The van der Waals surface area contributed by atoms with E-state index >= 15 is 0 Å². The van der Waals surface area contributed by atoms with E-state index in [1.165, 1.54) is 65.9 Å². The Morgan fingerprint density at radius 1 is 0.517 bits per heavy atom. The van der Waals surface area contributed by atoms with Gasteiger partial charge >= 0.3 is 0 Å². The number of anilines is 3. The van der Waals surface area contributed by atoms with Crippen LogP contribution < -0.4 is 4.90 Å². The van der Waals surface area contributed by atoms with Crippen molar-refractivity contribution in [3.05, 3.63) is 217 Å². The van der Waals surface area contributed by atoms with Gasteiger partial charge in [-0.25, -0.2) is 0 Å². The first-order valence-electron chi connectivity index (χ1n) is 19.9. The number of nitrogens with zero attached hydrogens (tertiary/aromatic N) is 2. The van der Waals surface area contributed by atoms with Gasteiger partial charge in [0.2, 0.25) is 0 Å². The van der Waals surface area contributed by atoms with Crippen LogP contribution in [0.4, 0.5) is 17.1 Å². The second-order valence-corrected chi connectivity index (χ2v) is 16.4. The topological polar surface area (TPSA) is 21.3 Å². The van der Waals surface area contributed by atoms with Gasteiger partial charge in [-0.15, -0.1) is 11.8 Å². The minimum Gasteiger partial charge on any atom is -0.454 e. The van der Waals surface area contributed by atoms with Crippen molar-refractivity contribution in [3.8, 4) is 16.8 Å². The fourth-order valence-electron chi connectivity index (χ4n) is 9.28. The monoisotopic (exact) mass is 760 g/mol. The lowest BCUT2D eigenvalue weighted by molar-refractivity contribution is 0.669. The first-order chi connectivity index (χ1) is 28.8. The molecule has 2 aromatic heterocycles. The minimum absolute atomic E-state index is 0.179. The molecule has 0 spiro atoms. The second kappa shape index (κ2) is 13.3. The summed E-state index contributed by atoms with van der Waals surface area (Å²) in [4.78, 5) is 3.75. The molecule has 0 amide bonds. The molecule has 12 rings (SSSR count). The van der Waals surface area contributed by atoms with Gasteiger partial charge in [-0.3, -0.25) is 0 Å². The Morgan fingerprint density at radius 2 is 1.19 bits per heavy atom. The molecule has 1 aliphatic heterocycles. The van der Waals surface area contributed by atoms with E-state index in [2.05, 4.69) is 210 Å². The molecule has 2 unspecified atom stereocenters. The molecule has 8 aromatic carbocycles. The molecule has 58 heavy (non-hydrogen) atoms. The molecule has 0 saturated heterocycles. The van der Waals surface area contributed by atoms with Crippen LogP contribution in [0.15, 0.2) is 216 Å². The summed E-state index contributed by atoms with van der Waals surface area (Å²) < 4.78 is 9.11. The van der Waals surface area contributed by atoms with Gasteiger partial charge in [0, 0.05) is 49.0 Å². The van der Waals surface area contributed by atoms with Crippen LogP contribution in [0.3, 0.4) is 0 Å². The Labute approximate surface area is 340 Å². The van der Waals surface area contributed by atoms with E-state index in [1.54, 1.807) is 0 Å². The largest absolute Gasteiger partial charge is 0.454 e. The number of furan rings is 1. The van der Waals surface area contributed by atoms with Crippen LogP contribution in [0.2, 0.25) is 0 Å². The van der Waals surface area contributed by atoms with E-state index in [1.807, 2.05) is 17.8 Å². The maximum absolute atomic E-state index is 6.73. The van der Waals surface area contributed by atoms with Gasteiger partial charge in [0.1, 0.15) is 5.58 Å². The van der Waals surface area contributed by atoms with Gasteiger partial charge in [0.05, 0.1) is 22.4 Å². The third-order valence-electron chi connectivity index (χ3n) is 11.9. The van der Waals surface area contributed by atoms with Crippen molar-refractivity contribution in [1.29, 1.82) is 0 Å². The van der Waals surface area contributed by atoms with Gasteiger partial charge in [-0.2, -0.15) is 0 Å².